The van der Waals surface area contributed by atoms with Crippen LogP contribution in [0.2, 0.25) is 0 Å². The lowest BCUT2D eigenvalue weighted by Crippen LogP contribution is -2.45. The smallest absolute Gasteiger partial charge is 0.325 e. The van der Waals surface area contributed by atoms with Gasteiger partial charge in [0.25, 0.3) is 5.91 Å². The Morgan fingerprint density at radius 1 is 1.45 bits per heavy atom. The van der Waals surface area contributed by atoms with Crippen LogP contribution in [-0.4, -0.2) is 66.9 Å². The van der Waals surface area contributed by atoms with Crippen LogP contribution in [0.1, 0.15) is 25.7 Å². The van der Waals surface area contributed by atoms with Crippen LogP contribution < -0.4 is 10.6 Å². The Morgan fingerprint density at radius 3 is 2.80 bits per heavy atom. The van der Waals surface area contributed by atoms with E-state index in [-0.39, 0.29) is 18.5 Å². The van der Waals surface area contributed by atoms with Crippen LogP contribution in [-0.2, 0) is 9.53 Å². The van der Waals surface area contributed by atoms with Crippen molar-refractivity contribution in [3.8, 4) is 0 Å². The number of carbonyl (C=O) groups is 2. The molecule has 20 heavy (non-hydrogen) atoms. The molecule has 1 unspecified atom stereocenters. The number of methoxy groups -OCH3 is 1. The Hall–Kier alpha value is -1.18. The summed E-state index contributed by atoms with van der Waals surface area (Å²) >= 11 is 0. The van der Waals surface area contributed by atoms with Gasteiger partial charge in [0.15, 0.2) is 0 Å². The van der Waals surface area contributed by atoms with Crippen LogP contribution >= 0.6 is 0 Å². The molecule has 0 aromatic heterocycles. The first-order valence-electron chi connectivity index (χ1n) is 7.11. The molecule has 1 saturated carbocycles. The third kappa shape index (κ3) is 3.11. The summed E-state index contributed by atoms with van der Waals surface area (Å²) in [4.78, 5) is 25.4. The normalized spacial score (nSPS) is 22.6. The third-order valence-corrected chi connectivity index (χ3v) is 3.96. The minimum atomic E-state index is -0.766. The molecule has 1 aliphatic heterocycles. The van der Waals surface area contributed by atoms with Gasteiger partial charge in [0.05, 0.1) is 19.3 Å². The highest BCUT2D eigenvalue weighted by molar-refractivity contribution is 6.07. The molecule has 1 saturated heterocycles. The van der Waals surface area contributed by atoms with Gasteiger partial charge in [-0.25, -0.2) is 4.79 Å². The van der Waals surface area contributed by atoms with Crippen molar-refractivity contribution in [3.63, 3.8) is 0 Å². The molecule has 2 fully saturated rings. The lowest BCUT2D eigenvalue weighted by Gasteiger charge is -2.21. The Morgan fingerprint density at radius 2 is 2.15 bits per heavy atom. The quantitative estimate of drug-likeness (QED) is 0.431. The fourth-order valence-electron chi connectivity index (χ4n) is 2.88. The van der Waals surface area contributed by atoms with Crippen molar-refractivity contribution in [1.82, 2.24) is 15.5 Å². The number of aliphatic hydroxyl groups is 1. The van der Waals surface area contributed by atoms with Crippen molar-refractivity contribution < 1.29 is 19.4 Å². The maximum absolute atomic E-state index is 12.3. The molecule has 3 N–H and O–H groups in total. The van der Waals surface area contributed by atoms with E-state index >= 15 is 0 Å². The lowest BCUT2D eigenvalue weighted by molar-refractivity contribution is -0.132. The number of nitrogens with zero attached hydrogens (tertiary/aromatic N) is 1. The number of rotatable bonds is 7. The molecule has 1 atom stereocenters. The van der Waals surface area contributed by atoms with Gasteiger partial charge in [-0.1, -0.05) is 12.8 Å². The molecule has 3 amide bonds. The van der Waals surface area contributed by atoms with E-state index in [9.17, 15) is 14.7 Å². The number of hydrogen-bond acceptors (Lipinski definition) is 5. The van der Waals surface area contributed by atoms with Crippen LogP contribution in [0.15, 0.2) is 0 Å². The highest BCUT2D eigenvalue weighted by Gasteiger charge is 2.52. The van der Waals surface area contributed by atoms with Gasteiger partial charge in [0, 0.05) is 20.2 Å². The fraction of sp³-hybridized carbons (Fsp3) is 0.846. The van der Waals surface area contributed by atoms with Crippen molar-refractivity contribution in [3.05, 3.63) is 0 Å². The Kier molecular flexibility index (Phi) is 4.95. The van der Waals surface area contributed by atoms with E-state index < -0.39 is 11.6 Å². The molecule has 0 bridgehead atoms. The molecule has 1 spiro atoms. The molecule has 2 rings (SSSR count). The Bertz CT molecular complexity index is 369. The van der Waals surface area contributed by atoms with Crippen molar-refractivity contribution in [2.45, 2.75) is 37.3 Å². The first kappa shape index (κ1) is 15.2. The van der Waals surface area contributed by atoms with E-state index in [2.05, 4.69) is 10.6 Å². The number of β-amino-alcohol motifs (C(OH)–C–C–N with tert-alkyl or cyclic N) is 1. The van der Waals surface area contributed by atoms with Gasteiger partial charge in [0.2, 0.25) is 0 Å². The van der Waals surface area contributed by atoms with Gasteiger partial charge in [0.1, 0.15) is 5.54 Å². The lowest BCUT2D eigenvalue weighted by atomic mass is 9.98. The molecule has 2 aliphatic rings. The summed E-state index contributed by atoms with van der Waals surface area (Å²) in [5, 5.41) is 15.7. The largest absolute Gasteiger partial charge is 0.390 e. The summed E-state index contributed by atoms with van der Waals surface area (Å²) in [5.41, 5.74) is -0.694. The van der Waals surface area contributed by atoms with Crippen molar-refractivity contribution in [1.29, 1.82) is 0 Å². The molecule has 114 valence electrons. The zero-order valence-electron chi connectivity index (χ0n) is 11.9. The molecular formula is C13H23N3O4. The zero-order chi connectivity index (χ0) is 14.6. The number of urea groups is 1. The molecule has 1 heterocycles. The summed E-state index contributed by atoms with van der Waals surface area (Å²) in [6.07, 6.45) is 2.56. The number of nitrogens with one attached hydrogen (secondary N) is 2. The summed E-state index contributed by atoms with van der Waals surface area (Å²) in [7, 11) is 1.60. The molecule has 7 nitrogen and oxygen atoms in total. The van der Waals surface area contributed by atoms with Gasteiger partial charge in [-0.2, -0.15) is 0 Å². The second-order valence-corrected chi connectivity index (χ2v) is 5.49. The van der Waals surface area contributed by atoms with Gasteiger partial charge in [-0.05, 0) is 12.8 Å². The van der Waals surface area contributed by atoms with Crippen LogP contribution in [0.4, 0.5) is 4.79 Å². The second kappa shape index (κ2) is 6.51. The van der Waals surface area contributed by atoms with Crippen LogP contribution in [0, 0.1) is 0 Å². The average molecular weight is 285 g/mol. The standard InChI is InChI=1S/C13H23N3O4/c1-20-7-6-14-8-10(17)9-16-11(18)13(15-12(16)19)4-2-3-5-13/h10,14,17H,2-9H2,1H3,(H,15,19). The summed E-state index contributed by atoms with van der Waals surface area (Å²) < 4.78 is 4.88. The van der Waals surface area contributed by atoms with E-state index in [0.717, 1.165) is 17.7 Å². The van der Waals surface area contributed by atoms with Gasteiger partial charge in [-0.3, -0.25) is 9.69 Å². The van der Waals surface area contributed by atoms with E-state index in [1.54, 1.807) is 7.11 Å². The van der Waals surface area contributed by atoms with Gasteiger partial charge >= 0.3 is 6.03 Å². The highest BCUT2D eigenvalue weighted by Crippen LogP contribution is 2.34. The topological polar surface area (TPSA) is 90.9 Å². The molecular weight excluding hydrogens is 262 g/mol. The number of aliphatic hydroxyl groups excluding tert-OH is 1. The van der Waals surface area contributed by atoms with E-state index in [1.807, 2.05) is 0 Å². The van der Waals surface area contributed by atoms with Crippen LogP contribution in [0.25, 0.3) is 0 Å². The monoisotopic (exact) mass is 285 g/mol. The molecule has 0 aromatic carbocycles. The van der Waals surface area contributed by atoms with Gasteiger partial charge < -0.3 is 20.5 Å². The Labute approximate surface area is 118 Å². The molecule has 0 aromatic rings. The number of amides is 3. The first-order chi connectivity index (χ1) is 9.59. The predicted molar refractivity (Wildman–Crippen MR) is 72.2 cm³/mol. The van der Waals surface area contributed by atoms with Gasteiger partial charge in [-0.15, -0.1) is 0 Å². The molecule has 1 aliphatic carbocycles. The minimum Gasteiger partial charge on any atom is -0.390 e. The van der Waals surface area contributed by atoms with E-state index in [0.29, 0.717) is 32.5 Å². The number of ether oxygens (including phenoxy) is 1. The van der Waals surface area contributed by atoms with Crippen molar-refractivity contribution in [2.75, 3.05) is 33.4 Å². The molecule has 0 radical (unpaired) electrons. The fourth-order valence-corrected chi connectivity index (χ4v) is 2.88. The van der Waals surface area contributed by atoms with Crippen LogP contribution in [0.3, 0.4) is 0 Å². The van der Waals surface area contributed by atoms with Crippen molar-refractivity contribution >= 4 is 11.9 Å². The molecule has 7 heteroatoms. The highest BCUT2D eigenvalue weighted by atomic mass is 16.5. The Balaban J connectivity index is 1.83. The maximum atomic E-state index is 12.3. The van der Waals surface area contributed by atoms with E-state index in [1.165, 1.54) is 0 Å². The summed E-state index contributed by atoms with van der Waals surface area (Å²) in [5.74, 6) is -0.184. The SMILES string of the molecule is COCCNCC(O)CN1C(=O)NC2(CCCC2)C1=O. The van der Waals surface area contributed by atoms with Crippen molar-refractivity contribution in [2.24, 2.45) is 0 Å². The van der Waals surface area contributed by atoms with E-state index in [4.69, 9.17) is 4.74 Å². The minimum absolute atomic E-state index is 0.0341. The maximum Gasteiger partial charge on any atom is 0.325 e. The number of hydrogen-bond donors (Lipinski definition) is 3. The first-order valence-corrected chi connectivity index (χ1v) is 7.11. The number of carbonyl (C=O) groups excluding carboxylic acids is 2. The average Bonchev–Trinajstić information content (AvgIpc) is 2.97. The summed E-state index contributed by atoms with van der Waals surface area (Å²) in [6.45, 7) is 1.54. The van der Waals surface area contributed by atoms with Crippen LogP contribution in [0.5, 0.6) is 0 Å². The number of imide groups is 1. The second-order valence-electron chi connectivity index (χ2n) is 5.49. The zero-order valence-corrected chi connectivity index (χ0v) is 11.9. The predicted octanol–water partition coefficient (Wildman–Crippen LogP) is -0.552. The summed E-state index contributed by atoms with van der Waals surface area (Å²) in [6, 6.07) is -0.382. The third-order valence-electron chi connectivity index (χ3n) is 3.96.